The van der Waals surface area contributed by atoms with Crippen molar-refractivity contribution in [3.63, 3.8) is 0 Å². The van der Waals surface area contributed by atoms with Crippen molar-refractivity contribution in [2.45, 2.75) is 38.4 Å². The lowest BCUT2D eigenvalue weighted by Gasteiger charge is -2.24. The van der Waals surface area contributed by atoms with E-state index in [0.29, 0.717) is 16.6 Å². The van der Waals surface area contributed by atoms with Gasteiger partial charge in [0.1, 0.15) is 0 Å². The van der Waals surface area contributed by atoms with Gasteiger partial charge in [0, 0.05) is 30.2 Å². The van der Waals surface area contributed by atoms with Gasteiger partial charge in [-0.15, -0.1) is 0 Å². The third-order valence-corrected chi connectivity index (χ3v) is 4.11. The Morgan fingerprint density at radius 2 is 2.26 bits per heavy atom. The molecule has 102 valence electrons. The fraction of sp³-hybridized carbons (Fsp3) is 0.533. The molecule has 2 rings (SSSR count). The van der Waals surface area contributed by atoms with Crippen molar-refractivity contribution in [2.75, 3.05) is 13.6 Å². The van der Waals surface area contributed by atoms with E-state index in [0.717, 1.165) is 24.7 Å². The van der Waals surface area contributed by atoms with E-state index < -0.39 is 0 Å². The van der Waals surface area contributed by atoms with Crippen molar-refractivity contribution in [1.82, 2.24) is 10.2 Å². The highest BCUT2D eigenvalue weighted by Crippen LogP contribution is 2.26. The molecule has 1 aromatic rings. The topological polar surface area (TPSA) is 39.1 Å². The van der Waals surface area contributed by atoms with E-state index in [4.69, 9.17) is 16.9 Å². The van der Waals surface area contributed by atoms with Crippen molar-refractivity contribution < 1.29 is 0 Å². The Morgan fingerprint density at radius 1 is 1.53 bits per heavy atom. The maximum absolute atomic E-state index is 8.79. The Bertz CT molecular complexity index is 477. The SMILES string of the molecule is CC(CNCc1ccc(C#N)cc1Cl)N(C)C1CC1. The van der Waals surface area contributed by atoms with Crippen molar-refractivity contribution in [1.29, 1.82) is 5.26 Å². The number of nitrogens with one attached hydrogen (secondary N) is 1. The van der Waals surface area contributed by atoms with Crippen LogP contribution >= 0.6 is 11.6 Å². The Morgan fingerprint density at radius 3 is 2.84 bits per heavy atom. The molecule has 1 fully saturated rings. The quantitative estimate of drug-likeness (QED) is 0.869. The van der Waals surface area contributed by atoms with Gasteiger partial charge in [-0.05, 0) is 44.5 Å². The summed E-state index contributed by atoms with van der Waals surface area (Å²) in [6.45, 7) is 3.93. The molecule has 1 aromatic carbocycles. The largest absolute Gasteiger partial charge is 0.311 e. The maximum Gasteiger partial charge on any atom is 0.0992 e. The first kappa shape index (κ1) is 14.3. The molecule has 0 amide bonds. The van der Waals surface area contributed by atoms with E-state index in [1.807, 2.05) is 12.1 Å². The molecule has 0 spiro atoms. The van der Waals surface area contributed by atoms with Crippen molar-refractivity contribution in [2.24, 2.45) is 0 Å². The lowest BCUT2D eigenvalue weighted by molar-refractivity contribution is 0.241. The van der Waals surface area contributed by atoms with Crippen molar-refractivity contribution in [3.05, 3.63) is 34.3 Å². The molecule has 0 aliphatic heterocycles. The number of hydrogen-bond acceptors (Lipinski definition) is 3. The van der Waals surface area contributed by atoms with E-state index in [9.17, 15) is 0 Å². The van der Waals surface area contributed by atoms with Gasteiger partial charge in [0.25, 0.3) is 0 Å². The van der Waals surface area contributed by atoms with Crippen LogP contribution in [0, 0.1) is 11.3 Å². The number of halogens is 1. The molecule has 0 aromatic heterocycles. The molecule has 4 heteroatoms. The van der Waals surface area contributed by atoms with Crippen LogP contribution in [-0.4, -0.2) is 30.6 Å². The summed E-state index contributed by atoms with van der Waals surface area (Å²) in [5.41, 5.74) is 1.65. The summed E-state index contributed by atoms with van der Waals surface area (Å²) in [6.07, 6.45) is 2.67. The molecule has 0 bridgehead atoms. The first-order valence-electron chi connectivity index (χ1n) is 6.73. The standard InChI is InChI=1S/C15H20ClN3/c1-11(19(2)14-5-6-14)9-18-10-13-4-3-12(8-17)7-15(13)16/h3-4,7,11,14,18H,5-6,9-10H2,1-2H3. The van der Waals surface area contributed by atoms with Crippen LogP contribution in [0.25, 0.3) is 0 Å². The second-order valence-corrected chi connectivity index (χ2v) is 5.70. The molecule has 1 atom stereocenters. The highest BCUT2D eigenvalue weighted by Gasteiger charge is 2.28. The van der Waals surface area contributed by atoms with E-state index in [-0.39, 0.29) is 0 Å². The third kappa shape index (κ3) is 3.94. The zero-order valence-electron chi connectivity index (χ0n) is 11.5. The highest BCUT2D eigenvalue weighted by atomic mass is 35.5. The lowest BCUT2D eigenvalue weighted by Crippen LogP contribution is -2.38. The number of nitrogens with zero attached hydrogens (tertiary/aromatic N) is 2. The Labute approximate surface area is 120 Å². The number of hydrogen-bond donors (Lipinski definition) is 1. The molecule has 1 aliphatic carbocycles. The molecule has 3 nitrogen and oxygen atoms in total. The molecular formula is C15H20ClN3. The number of rotatable bonds is 6. The van der Waals surface area contributed by atoms with Gasteiger partial charge in [-0.2, -0.15) is 5.26 Å². The smallest absolute Gasteiger partial charge is 0.0992 e. The Balaban J connectivity index is 1.80. The minimum absolute atomic E-state index is 0.532. The Hall–Kier alpha value is -1.08. The van der Waals surface area contributed by atoms with Gasteiger partial charge in [-0.25, -0.2) is 0 Å². The summed E-state index contributed by atoms with van der Waals surface area (Å²) in [4.78, 5) is 2.44. The monoisotopic (exact) mass is 277 g/mol. The number of likely N-dealkylation sites (N-methyl/N-ethyl adjacent to an activating group) is 1. The maximum atomic E-state index is 8.79. The van der Waals surface area contributed by atoms with Gasteiger partial charge < -0.3 is 5.32 Å². The van der Waals surface area contributed by atoms with E-state index in [1.165, 1.54) is 12.8 Å². The lowest BCUT2D eigenvalue weighted by atomic mass is 10.1. The highest BCUT2D eigenvalue weighted by molar-refractivity contribution is 6.31. The van der Waals surface area contributed by atoms with Gasteiger partial charge >= 0.3 is 0 Å². The van der Waals surface area contributed by atoms with Crippen molar-refractivity contribution in [3.8, 4) is 6.07 Å². The number of benzene rings is 1. The van der Waals surface area contributed by atoms with Crippen LogP contribution in [0.2, 0.25) is 5.02 Å². The Kier molecular flexibility index (Phi) is 4.81. The summed E-state index contributed by atoms with van der Waals surface area (Å²) >= 11 is 6.14. The zero-order chi connectivity index (χ0) is 13.8. The predicted molar refractivity (Wildman–Crippen MR) is 78.1 cm³/mol. The van der Waals surface area contributed by atoms with Gasteiger partial charge in [0.2, 0.25) is 0 Å². The normalized spacial score (nSPS) is 16.4. The summed E-state index contributed by atoms with van der Waals surface area (Å²) in [5, 5.41) is 12.9. The van der Waals surface area contributed by atoms with Gasteiger partial charge in [-0.3, -0.25) is 4.90 Å². The fourth-order valence-electron chi connectivity index (χ4n) is 2.16. The van der Waals surface area contributed by atoms with Crippen LogP contribution < -0.4 is 5.32 Å². The zero-order valence-corrected chi connectivity index (χ0v) is 12.2. The van der Waals surface area contributed by atoms with E-state index in [1.54, 1.807) is 6.07 Å². The summed E-state index contributed by atoms with van der Waals surface area (Å²) in [7, 11) is 2.19. The van der Waals surface area contributed by atoms with Crippen LogP contribution in [0.4, 0.5) is 0 Å². The van der Waals surface area contributed by atoms with Crippen LogP contribution in [0.5, 0.6) is 0 Å². The van der Waals surface area contributed by atoms with Gasteiger partial charge in [-0.1, -0.05) is 17.7 Å². The van der Waals surface area contributed by atoms with E-state index >= 15 is 0 Å². The second kappa shape index (κ2) is 6.38. The summed E-state index contributed by atoms with van der Waals surface area (Å²) < 4.78 is 0. The van der Waals surface area contributed by atoms with Crippen LogP contribution in [0.1, 0.15) is 30.9 Å². The number of nitriles is 1. The predicted octanol–water partition coefficient (Wildman–Crippen LogP) is 2.78. The molecule has 0 heterocycles. The van der Waals surface area contributed by atoms with Gasteiger partial charge in [0.05, 0.1) is 11.6 Å². The van der Waals surface area contributed by atoms with Crippen molar-refractivity contribution >= 4 is 11.6 Å². The molecule has 0 radical (unpaired) electrons. The molecule has 1 aliphatic rings. The fourth-order valence-corrected chi connectivity index (χ4v) is 2.41. The summed E-state index contributed by atoms with van der Waals surface area (Å²) in [5.74, 6) is 0. The third-order valence-electron chi connectivity index (χ3n) is 3.76. The molecule has 1 N–H and O–H groups in total. The molecular weight excluding hydrogens is 258 g/mol. The minimum atomic E-state index is 0.532. The minimum Gasteiger partial charge on any atom is -0.311 e. The first-order chi connectivity index (χ1) is 9.11. The van der Waals surface area contributed by atoms with E-state index in [2.05, 4.69) is 30.3 Å². The first-order valence-corrected chi connectivity index (χ1v) is 7.10. The summed E-state index contributed by atoms with van der Waals surface area (Å²) in [6, 6.07) is 8.86. The molecule has 19 heavy (non-hydrogen) atoms. The van der Waals surface area contributed by atoms with Gasteiger partial charge in [0.15, 0.2) is 0 Å². The van der Waals surface area contributed by atoms with Crippen LogP contribution in [0.15, 0.2) is 18.2 Å². The van der Waals surface area contributed by atoms with Crippen LogP contribution in [-0.2, 0) is 6.54 Å². The average molecular weight is 278 g/mol. The molecule has 1 saturated carbocycles. The average Bonchev–Trinajstić information content (AvgIpc) is 3.23. The molecule has 0 saturated heterocycles. The second-order valence-electron chi connectivity index (χ2n) is 5.29. The molecule has 1 unspecified atom stereocenters. The van der Waals surface area contributed by atoms with Crippen LogP contribution in [0.3, 0.4) is 0 Å².